The van der Waals surface area contributed by atoms with Gasteiger partial charge in [-0.25, -0.2) is 4.57 Å². The van der Waals surface area contributed by atoms with Crippen molar-refractivity contribution < 1.29 is 17.9 Å². The van der Waals surface area contributed by atoms with E-state index in [0.29, 0.717) is 0 Å². The molecule has 0 saturated carbocycles. The Morgan fingerprint density at radius 2 is 1.92 bits per heavy atom. The summed E-state index contributed by atoms with van der Waals surface area (Å²) in [4.78, 5) is 0. The third-order valence-corrected chi connectivity index (χ3v) is 4.12. The third kappa shape index (κ3) is 5.23. The Hall–Kier alpha value is 0.540. The Balaban J connectivity index is 3.52. The standard InChI is InChI=1S/C6H16O4P2/c1-4-5-6-11-10-12(7,8-2)9-3/h11H,4-6H2,1-3H3. The maximum atomic E-state index is 11.3. The first kappa shape index (κ1) is 12.5. The van der Waals surface area contributed by atoms with E-state index in [1.807, 2.05) is 0 Å². The summed E-state index contributed by atoms with van der Waals surface area (Å²) in [5, 5.41) is 0. The van der Waals surface area contributed by atoms with Crippen LogP contribution in [0, 0.1) is 0 Å². The predicted molar refractivity (Wildman–Crippen MR) is 50.8 cm³/mol. The van der Waals surface area contributed by atoms with Crippen LogP contribution in [0.3, 0.4) is 0 Å². The minimum atomic E-state index is -3.21. The maximum absolute atomic E-state index is 11.3. The Morgan fingerprint density at radius 1 is 1.33 bits per heavy atom. The molecule has 74 valence electrons. The highest BCUT2D eigenvalue weighted by molar-refractivity contribution is 7.56. The molecule has 0 N–H and O–H groups in total. The van der Waals surface area contributed by atoms with Crippen molar-refractivity contribution in [3.63, 3.8) is 0 Å². The molecule has 0 aromatic heterocycles. The van der Waals surface area contributed by atoms with Crippen molar-refractivity contribution in [2.45, 2.75) is 19.8 Å². The summed E-state index contributed by atoms with van der Waals surface area (Å²) < 4.78 is 25.4. The van der Waals surface area contributed by atoms with Gasteiger partial charge < -0.3 is 0 Å². The average molecular weight is 214 g/mol. The number of hydrogen-bond donors (Lipinski definition) is 0. The van der Waals surface area contributed by atoms with Gasteiger partial charge in [-0.1, -0.05) is 13.3 Å². The fourth-order valence-corrected chi connectivity index (χ4v) is 2.76. The van der Waals surface area contributed by atoms with Gasteiger partial charge in [0.05, 0.1) is 0 Å². The number of phosphoric acid groups is 1. The van der Waals surface area contributed by atoms with E-state index in [2.05, 4.69) is 16.0 Å². The third-order valence-electron chi connectivity index (χ3n) is 1.26. The van der Waals surface area contributed by atoms with E-state index in [9.17, 15) is 4.57 Å². The first-order valence-corrected chi connectivity index (χ1v) is 6.39. The van der Waals surface area contributed by atoms with Crippen molar-refractivity contribution >= 4 is 16.6 Å². The van der Waals surface area contributed by atoms with Crippen LogP contribution in [0.1, 0.15) is 19.8 Å². The van der Waals surface area contributed by atoms with Crippen LogP contribution >= 0.6 is 16.6 Å². The average Bonchev–Trinajstić information content (AvgIpc) is 2.12. The molecule has 0 heterocycles. The minimum Gasteiger partial charge on any atom is -0.290 e. The van der Waals surface area contributed by atoms with Gasteiger partial charge in [0, 0.05) is 23.0 Å². The largest absolute Gasteiger partial charge is 0.477 e. The van der Waals surface area contributed by atoms with Crippen LogP contribution in [0.2, 0.25) is 0 Å². The van der Waals surface area contributed by atoms with Crippen molar-refractivity contribution in [3.8, 4) is 0 Å². The summed E-state index contributed by atoms with van der Waals surface area (Å²) in [5.41, 5.74) is 0. The van der Waals surface area contributed by atoms with Crippen LogP contribution in [0.25, 0.3) is 0 Å². The predicted octanol–water partition coefficient (Wildman–Crippen LogP) is 2.80. The molecular weight excluding hydrogens is 198 g/mol. The van der Waals surface area contributed by atoms with Gasteiger partial charge in [-0.2, -0.15) is 0 Å². The number of hydrogen-bond acceptors (Lipinski definition) is 4. The van der Waals surface area contributed by atoms with Gasteiger partial charge in [-0.05, 0) is 12.6 Å². The van der Waals surface area contributed by atoms with E-state index in [-0.39, 0.29) is 8.81 Å². The lowest BCUT2D eigenvalue weighted by molar-refractivity contribution is 0.219. The van der Waals surface area contributed by atoms with E-state index in [4.69, 9.17) is 4.31 Å². The van der Waals surface area contributed by atoms with Crippen LogP contribution in [0.5, 0.6) is 0 Å². The highest BCUT2D eigenvalue weighted by Gasteiger charge is 2.21. The van der Waals surface area contributed by atoms with Gasteiger partial charge in [0.1, 0.15) is 0 Å². The van der Waals surface area contributed by atoms with Crippen molar-refractivity contribution in [3.05, 3.63) is 0 Å². The maximum Gasteiger partial charge on any atom is 0.477 e. The van der Waals surface area contributed by atoms with E-state index >= 15 is 0 Å². The van der Waals surface area contributed by atoms with Crippen LogP contribution in [-0.4, -0.2) is 20.4 Å². The summed E-state index contributed by atoms with van der Waals surface area (Å²) in [5.74, 6) is 0. The van der Waals surface area contributed by atoms with Crippen LogP contribution < -0.4 is 0 Å². The second-order valence-corrected chi connectivity index (χ2v) is 5.30. The van der Waals surface area contributed by atoms with Crippen LogP contribution in [0.15, 0.2) is 0 Å². The van der Waals surface area contributed by atoms with Gasteiger partial charge >= 0.3 is 7.82 Å². The molecule has 0 radical (unpaired) electrons. The molecule has 0 spiro atoms. The number of rotatable bonds is 7. The fourth-order valence-electron chi connectivity index (χ4n) is 0.523. The zero-order valence-corrected chi connectivity index (χ0v) is 9.60. The second kappa shape index (κ2) is 6.99. The molecule has 0 aliphatic carbocycles. The first-order chi connectivity index (χ1) is 5.68. The zero-order valence-electron chi connectivity index (χ0n) is 7.70. The molecule has 0 aliphatic rings. The molecule has 0 aromatic carbocycles. The van der Waals surface area contributed by atoms with Gasteiger partial charge in [0.2, 0.25) is 0 Å². The van der Waals surface area contributed by atoms with E-state index < -0.39 is 7.82 Å². The molecule has 1 unspecified atom stereocenters. The lowest BCUT2D eigenvalue weighted by Crippen LogP contribution is -1.88. The van der Waals surface area contributed by atoms with Gasteiger partial charge in [-0.15, -0.1) is 0 Å². The quantitative estimate of drug-likeness (QED) is 0.482. The van der Waals surface area contributed by atoms with Gasteiger partial charge in [-0.3, -0.25) is 13.4 Å². The molecule has 0 saturated heterocycles. The summed E-state index contributed by atoms with van der Waals surface area (Å²) >= 11 is 0. The molecule has 12 heavy (non-hydrogen) atoms. The molecular formula is C6H16O4P2. The first-order valence-electron chi connectivity index (χ1n) is 3.81. The Bertz CT molecular complexity index is 142. The SMILES string of the molecule is CCCCPOP(=O)(OC)OC. The van der Waals surface area contributed by atoms with E-state index in [1.165, 1.54) is 14.2 Å². The molecule has 1 atom stereocenters. The topological polar surface area (TPSA) is 44.8 Å². The van der Waals surface area contributed by atoms with E-state index in [1.54, 1.807) is 0 Å². The molecule has 0 amide bonds. The minimum absolute atomic E-state index is 0.191. The molecule has 6 heteroatoms. The molecule has 0 aliphatic heterocycles. The number of unbranched alkanes of at least 4 members (excludes halogenated alkanes) is 1. The Labute approximate surface area is 75.5 Å². The summed E-state index contributed by atoms with van der Waals surface area (Å²) in [6, 6.07) is 0. The monoisotopic (exact) mass is 214 g/mol. The number of phosphoric ester groups is 1. The van der Waals surface area contributed by atoms with Gasteiger partial charge in [0.15, 0.2) is 0 Å². The summed E-state index contributed by atoms with van der Waals surface area (Å²) in [6.07, 6.45) is 3.10. The second-order valence-electron chi connectivity index (χ2n) is 2.15. The molecule has 4 nitrogen and oxygen atoms in total. The van der Waals surface area contributed by atoms with Crippen molar-refractivity contribution in [2.75, 3.05) is 20.4 Å². The highest BCUT2D eigenvalue weighted by Crippen LogP contribution is 2.52. The van der Waals surface area contributed by atoms with Crippen molar-refractivity contribution in [1.82, 2.24) is 0 Å². The normalized spacial score (nSPS) is 12.9. The van der Waals surface area contributed by atoms with Crippen molar-refractivity contribution in [1.29, 1.82) is 0 Å². The lowest BCUT2D eigenvalue weighted by Gasteiger charge is -2.12. The molecule has 0 bridgehead atoms. The Morgan fingerprint density at radius 3 is 2.33 bits per heavy atom. The van der Waals surface area contributed by atoms with Gasteiger partial charge in [0.25, 0.3) is 0 Å². The molecule has 0 aromatic rings. The highest BCUT2D eigenvalue weighted by atomic mass is 31.2. The van der Waals surface area contributed by atoms with Crippen LogP contribution in [-0.2, 0) is 17.9 Å². The zero-order chi connectivity index (χ0) is 9.45. The molecule has 0 fully saturated rings. The smallest absolute Gasteiger partial charge is 0.290 e. The van der Waals surface area contributed by atoms with E-state index in [0.717, 1.165) is 19.0 Å². The summed E-state index contributed by atoms with van der Waals surface area (Å²) in [6.45, 7) is 2.09. The molecule has 0 rings (SSSR count). The fraction of sp³-hybridized carbons (Fsp3) is 1.00. The summed E-state index contributed by atoms with van der Waals surface area (Å²) in [7, 11) is -0.390. The lowest BCUT2D eigenvalue weighted by atomic mass is 10.4. The Kier molecular flexibility index (Phi) is 7.31. The van der Waals surface area contributed by atoms with Crippen LogP contribution in [0.4, 0.5) is 0 Å². The van der Waals surface area contributed by atoms with Crippen molar-refractivity contribution in [2.24, 2.45) is 0 Å².